The van der Waals surface area contributed by atoms with E-state index < -0.39 is 5.54 Å². The van der Waals surface area contributed by atoms with Crippen molar-refractivity contribution in [3.05, 3.63) is 29.1 Å². The molecule has 0 saturated carbocycles. The summed E-state index contributed by atoms with van der Waals surface area (Å²) >= 11 is 1.34. The second kappa shape index (κ2) is 5.16. The molecule has 2 aromatic rings. The smallest absolute Gasteiger partial charge is 0.261 e. The average molecular weight is 280 g/mol. The normalized spacial score (nSPS) is 11.7. The highest BCUT2D eigenvalue weighted by atomic mass is 32.1. The number of hydrogen-bond donors (Lipinski definition) is 4. The number of nitrogens with two attached hydrogens (primary N) is 1. The molecule has 5 N–H and O–H groups in total. The Hall–Kier alpha value is -1.63. The zero-order chi connectivity index (χ0) is 14.0. The van der Waals surface area contributed by atoms with Crippen molar-refractivity contribution in [1.82, 2.24) is 5.32 Å². The van der Waals surface area contributed by atoms with Gasteiger partial charge in [0.15, 0.2) is 0 Å². The SMILES string of the molecule is CC(CO)(CO)NC(=O)c1cc2cc(N)ccc2s1. The van der Waals surface area contributed by atoms with Gasteiger partial charge in [-0.2, -0.15) is 0 Å². The van der Waals surface area contributed by atoms with E-state index in [4.69, 9.17) is 15.9 Å². The van der Waals surface area contributed by atoms with E-state index in [9.17, 15) is 4.79 Å². The Bertz CT molecular complexity index is 605. The van der Waals surface area contributed by atoms with Crippen LogP contribution in [0.3, 0.4) is 0 Å². The summed E-state index contributed by atoms with van der Waals surface area (Å²) in [6.07, 6.45) is 0. The Morgan fingerprint density at radius 1 is 1.37 bits per heavy atom. The molecule has 1 heterocycles. The van der Waals surface area contributed by atoms with Gasteiger partial charge >= 0.3 is 0 Å². The average Bonchev–Trinajstić information content (AvgIpc) is 2.81. The maximum Gasteiger partial charge on any atom is 0.261 e. The minimum Gasteiger partial charge on any atom is -0.399 e. The molecular weight excluding hydrogens is 264 g/mol. The van der Waals surface area contributed by atoms with Crippen LogP contribution >= 0.6 is 11.3 Å². The molecule has 0 aliphatic rings. The number of aliphatic hydroxyl groups excluding tert-OH is 2. The number of anilines is 1. The summed E-state index contributed by atoms with van der Waals surface area (Å²) in [5, 5.41) is 21.9. The van der Waals surface area contributed by atoms with E-state index >= 15 is 0 Å². The van der Waals surface area contributed by atoms with Crippen LogP contribution in [0, 0.1) is 0 Å². The Morgan fingerprint density at radius 3 is 2.68 bits per heavy atom. The molecule has 19 heavy (non-hydrogen) atoms. The van der Waals surface area contributed by atoms with E-state index in [1.807, 2.05) is 6.07 Å². The van der Waals surface area contributed by atoms with Gasteiger partial charge in [0.2, 0.25) is 0 Å². The molecule has 0 bridgehead atoms. The summed E-state index contributed by atoms with van der Waals surface area (Å²) in [5.41, 5.74) is 5.32. The fraction of sp³-hybridized carbons (Fsp3) is 0.308. The van der Waals surface area contributed by atoms with E-state index in [2.05, 4.69) is 5.32 Å². The van der Waals surface area contributed by atoms with Crippen LogP contribution in [0.15, 0.2) is 24.3 Å². The van der Waals surface area contributed by atoms with Gasteiger partial charge in [-0.1, -0.05) is 0 Å². The van der Waals surface area contributed by atoms with Crippen molar-refractivity contribution in [1.29, 1.82) is 0 Å². The quantitative estimate of drug-likeness (QED) is 0.627. The largest absolute Gasteiger partial charge is 0.399 e. The molecule has 0 fully saturated rings. The number of carbonyl (C=O) groups is 1. The number of carbonyl (C=O) groups excluding carboxylic acids is 1. The minimum absolute atomic E-state index is 0.314. The second-order valence-corrected chi connectivity index (χ2v) is 5.82. The van der Waals surface area contributed by atoms with Gasteiger partial charge in [-0.15, -0.1) is 11.3 Å². The molecule has 0 aliphatic carbocycles. The Morgan fingerprint density at radius 2 is 2.05 bits per heavy atom. The number of nitrogens with one attached hydrogen (secondary N) is 1. The van der Waals surface area contributed by atoms with Crippen LogP contribution in [0.25, 0.3) is 10.1 Å². The van der Waals surface area contributed by atoms with E-state index in [0.717, 1.165) is 10.1 Å². The summed E-state index contributed by atoms with van der Waals surface area (Å²) in [6.45, 7) is 0.927. The third-order valence-electron chi connectivity index (χ3n) is 2.88. The lowest BCUT2D eigenvalue weighted by atomic mass is 10.1. The molecule has 1 aromatic carbocycles. The molecule has 0 unspecified atom stereocenters. The van der Waals surface area contributed by atoms with E-state index in [-0.39, 0.29) is 19.1 Å². The highest BCUT2D eigenvalue weighted by Crippen LogP contribution is 2.27. The Kier molecular flexibility index (Phi) is 3.75. The lowest BCUT2D eigenvalue weighted by Crippen LogP contribution is -2.51. The van der Waals surface area contributed by atoms with Crippen molar-refractivity contribution in [3.8, 4) is 0 Å². The summed E-state index contributed by atoms with van der Waals surface area (Å²) < 4.78 is 0.967. The van der Waals surface area contributed by atoms with Crippen molar-refractivity contribution in [3.63, 3.8) is 0 Å². The molecule has 0 saturated heterocycles. The number of fused-ring (bicyclic) bond motifs is 1. The summed E-state index contributed by atoms with van der Waals surface area (Å²) in [7, 11) is 0. The topological polar surface area (TPSA) is 95.6 Å². The maximum absolute atomic E-state index is 12.1. The number of hydrogen-bond acceptors (Lipinski definition) is 5. The molecule has 0 atom stereocenters. The second-order valence-electron chi connectivity index (χ2n) is 4.74. The van der Waals surface area contributed by atoms with Crippen LogP contribution in [0.5, 0.6) is 0 Å². The van der Waals surface area contributed by atoms with Crippen LogP contribution in [-0.2, 0) is 0 Å². The summed E-state index contributed by atoms with van der Waals surface area (Å²) in [4.78, 5) is 12.6. The van der Waals surface area contributed by atoms with E-state index in [0.29, 0.717) is 10.6 Å². The first kappa shape index (κ1) is 13.8. The molecule has 0 radical (unpaired) electrons. The molecule has 102 valence electrons. The van der Waals surface area contributed by atoms with Gasteiger partial charge in [-0.3, -0.25) is 4.79 Å². The summed E-state index contributed by atoms with van der Waals surface area (Å²) in [5.74, 6) is -0.314. The fourth-order valence-corrected chi connectivity index (χ4v) is 2.58. The van der Waals surface area contributed by atoms with Crippen molar-refractivity contribution < 1.29 is 15.0 Å². The fourth-order valence-electron chi connectivity index (χ4n) is 1.64. The number of benzene rings is 1. The molecule has 6 heteroatoms. The lowest BCUT2D eigenvalue weighted by molar-refractivity contribution is 0.0727. The van der Waals surface area contributed by atoms with Crippen molar-refractivity contribution in [2.75, 3.05) is 18.9 Å². The maximum atomic E-state index is 12.1. The number of nitrogen functional groups attached to an aromatic ring is 1. The molecule has 1 amide bonds. The number of thiophene rings is 1. The predicted molar refractivity (Wildman–Crippen MR) is 76.3 cm³/mol. The molecular formula is C13H16N2O3S. The molecule has 0 spiro atoms. The molecule has 5 nitrogen and oxygen atoms in total. The zero-order valence-corrected chi connectivity index (χ0v) is 11.3. The first-order valence-corrected chi connectivity index (χ1v) is 6.62. The number of amides is 1. The van der Waals surface area contributed by atoms with Gasteiger partial charge in [0.05, 0.1) is 23.6 Å². The van der Waals surface area contributed by atoms with Crippen LogP contribution in [0.1, 0.15) is 16.6 Å². The van der Waals surface area contributed by atoms with Crippen LogP contribution in [0.2, 0.25) is 0 Å². The first-order chi connectivity index (χ1) is 8.97. The van der Waals surface area contributed by atoms with Crippen LogP contribution < -0.4 is 11.1 Å². The molecule has 1 aromatic heterocycles. The van der Waals surface area contributed by atoms with E-state index in [1.165, 1.54) is 11.3 Å². The number of aliphatic hydroxyl groups is 2. The zero-order valence-electron chi connectivity index (χ0n) is 10.5. The van der Waals surface area contributed by atoms with Gasteiger partial charge in [-0.05, 0) is 36.6 Å². The Labute approximate surface area is 114 Å². The van der Waals surface area contributed by atoms with Gasteiger partial charge in [0.1, 0.15) is 0 Å². The Balaban J connectivity index is 2.27. The predicted octanol–water partition coefficient (Wildman–Crippen LogP) is 0.957. The third-order valence-corrected chi connectivity index (χ3v) is 3.99. The standard InChI is InChI=1S/C13H16N2O3S/c1-13(6-16,7-17)15-12(18)11-5-8-4-9(14)2-3-10(8)19-11/h2-5,16-17H,6-7,14H2,1H3,(H,15,18). The van der Waals surface area contributed by atoms with Gasteiger partial charge in [-0.25, -0.2) is 0 Å². The van der Waals surface area contributed by atoms with Gasteiger partial charge < -0.3 is 21.3 Å². The lowest BCUT2D eigenvalue weighted by Gasteiger charge is -2.25. The monoisotopic (exact) mass is 280 g/mol. The molecule has 0 aliphatic heterocycles. The van der Waals surface area contributed by atoms with Crippen molar-refractivity contribution >= 4 is 33.0 Å². The first-order valence-electron chi connectivity index (χ1n) is 5.81. The number of rotatable bonds is 4. The van der Waals surface area contributed by atoms with Crippen molar-refractivity contribution in [2.45, 2.75) is 12.5 Å². The third kappa shape index (κ3) is 2.86. The molecule has 2 rings (SSSR count). The van der Waals surface area contributed by atoms with E-state index in [1.54, 1.807) is 25.1 Å². The van der Waals surface area contributed by atoms with Crippen molar-refractivity contribution in [2.24, 2.45) is 0 Å². The van der Waals surface area contributed by atoms with Crippen LogP contribution in [0.4, 0.5) is 5.69 Å². The summed E-state index contributed by atoms with van der Waals surface area (Å²) in [6, 6.07) is 7.20. The van der Waals surface area contributed by atoms with Gasteiger partial charge in [0.25, 0.3) is 5.91 Å². The highest BCUT2D eigenvalue weighted by Gasteiger charge is 2.25. The highest BCUT2D eigenvalue weighted by molar-refractivity contribution is 7.20. The van der Waals surface area contributed by atoms with Gasteiger partial charge in [0, 0.05) is 10.4 Å². The van der Waals surface area contributed by atoms with Crippen LogP contribution in [-0.4, -0.2) is 34.9 Å². The minimum atomic E-state index is -1.02.